The third kappa shape index (κ3) is 2.38. The standard InChI is InChI=1S/C18H16O2/c1-20-17-10-9-14-11-16(8-7-15(14)12-17)18(19)13-5-3-2-4-6-13/h2-12,18-19H,1H3. The number of aliphatic hydroxyl groups excluding tert-OH is 1. The Labute approximate surface area is 118 Å². The minimum Gasteiger partial charge on any atom is -0.497 e. The van der Waals surface area contributed by atoms with Crippen LogP contribution in [0.25, 0.3) is 10.8 Å². The van der Waals surface area contributed by atoms with Gasteiger partial charge in [0.25, 0.3) is 0 Å². The van der Waals surface area contributed by atoms with Crippen LogP contribution in [0.4, 0.5) is 0 Å². The fraction of sp³-hybridized carbons (Fsp3) is 0.111. The minimum atomic E-state index is -0.595. The molecule has 0 amide bonds. The van der Waals surface area contributed by atoms with E-state index in [1.807, 2.05) is 66.7 Å². The van der Waals surface area contributed by atoms with Crippen molar-refractivity contribution in [2.45, 2.75) is 6.10 Å². The Bertz CT molecular complexity index is 720. The highest BCUT2D eigenvalue weighted by molar-refractivity contribution is 5.84. The maximum absolute atomic E-state index is 10.4. The predicted molar refractivity (Wildman–Crippen MR) is 81.0 cm³/mol. The summed E-state index contributed by atoms with van der Waals surface area (Å²) < 4.78 is 5.22. The van der Waals surface area contributed by atoms with Gasteiger partial charge in [-0.3, -0.25) is 0 Å². The number of hydrogen-bond donors (Lipinski definition) is 1. The lowest BCUT2D eigenvalue weighted by Gasteiger charge is -2.12. The molecule has 0 saturated carbocycles. The summed E-state index contributed by atoms with van der Waals surface area (Å²) in [6, 6.07) is 21.6. The van der Waals surface area contributed by atoms with Gasteiger partial charge in [0, 0.05) is 0 Å². The van der Waals surface area contributed by atoms with E-state index >= 15 is 0 Å². The fourth-order valence-corrected chi connectivity index (χ4v) is 2.37. The Balaban J connectivity index is 2.01. The Morgan fingerprint density at radius 1 is 0.800 bits per heavy atom. The van der Waals surface area contributed by atoms with Crippen molar-refractivity contribution in [2.24, 2.45) is 0 Å². The molecule has 0 saturated heterocycles. The van der Waals surface area contributed by atoms with E-state index in [-0.39, 0.29) is 0 Å². The smallest absolute Gasteiger partial charge is 0.119 e. The van der Waals surface area contributed by atoms with Crippen LogP contribution in [0.2, 0.25) is 0 Å². The average Bonchev–Trinajstić information content (AvgIpc) is 2.54. The van der Waals surface area contributed by atoms with Gasteiger partial charge >= 0.3 is 0 Å². The lowest BCUT2D eigenvalue weighted by molar-refractivity contribution is 0.220. The van der Waals surface area contributed by atoms with Crippen LogP contribution in [0.3, 0.4) is 0 Å². The highest BCUT2D eigenvalue weighted by Crippen LogP contribution is 2.27. The topological polar surface area (TPSA) is 29.5 Å². The molecule has 1 unspecified atom stereocenters. The van der Waals surface area contributed by atoms with Crippen molar-refractivity contribution in [2.75, 3.05) is 7.11 Å². The highest BCUT2D eigenvalue weighted by atomic mass is 16.5. The van der Waals surface area contributed by atoms with E-state index in [1.165, 1.54) is 0 Å². The van der Waals surface area contributed by atoms with Crippen molar-refractivity contribution in [3.63, 3.8) is 0 Å². The quantitative estimate of drug-likeness (QED) is 0.776. The summed E-state index contributed by atoms with van der Waals surface area (Å²) in [4.78, 5) is 0. The Hall–Kier alpha value is -2.32. The van der Waals surface area contributed by atoms with Crippen LogP contribution in [0.1, 0.15) is 17.2 Å². The number of rotatable bonds is 3. The number of hydrogen-bond acceptors (Lipinski definition) is 2. The van der Waals surface area contributed by atoms with E-state index in [1.54, 1.807) is 7.11 Å². The first-order chi connectivity index (χ1) is 9.78. The van der Waals surface area contributed by atoms with Gasteiger partial charge in [0.15, 0.2) is 0 Å². The molecule has 0 aliphatic carbocycles. The summed E-state index contributed by atoms with van der Waals surface area (Å²) in [6.07, 6.45) is -0.595. The van der Waals surface area contributed by atoms with E-state index in [2.05, 4.69) is 0 Å². The first kappa shape index (κ1) is 12.7. The van der Waals surface area contributed by atoms with Crippen molar-refractivity contribution in [3.8, 4) is 5.75 Å². The van der Waals surface area contributed by atoms with E-state index < -0.39 is 6.10 Å². The lowest BCUT2D eigenvalue weighted by atomic mass is 9.98. The van der Waals surface area contributed by atoms with Gasteiger partial charge in [-0.2, -0.15) is 0 Å². The van der Waals surface area contributed by atoms with Crippen LogP contribution in [0.15, 0.2) is 66.7 Å². The molecule has 0 spiro atoms. The summed E-state index contributed by atoms with van der Waals surface area (Å²) in [5.41, 5.74) is 1.80. The maximum Gasteiger partial charge on any atom is 0.119 e. The number of aliphatic hydroxyl groups is 1. The van der Waals surface area contributed by atoms with Crippen molar-refractivity contribution in [1.29, 1.82) is 0 Å². The van der Waals surface area contributed by atoms with Crippen LogP contribution >= 0.6 is 0 Å². The molecule has 2 nitrogen and oxygen atoms in total. The summed E-state index contributed by atoms with van der Waals surface area (Å²) in [6.45, 7) is 0. The molecule has 0 fully saturated rings. The van der Waals surface area contributed by atoms with Gasteiger partial charge in [-0.25, -0.2) is 0 Å². The lowest BCUT2D eigenvalue weighted by Crippen LogP contribution is -1.99. The molecular formula is C18H16O2. The molecule has 3 rings (SSSR count). The number of fused-ring (bicyclic) bond motifs is 1. The Morgan fingerprint density at radius 2 is 1.50 bits per heavy atom. The molecule has 20 heavy (non-hydrogen) atoms. The van der Waals surface area contributed by atoms with Crippen molar-refractivity contribution in [3.05, 3.63) is 77.9 Å². The van der Waals surface area contributed by atoms with Crippen molar-refractivity contribution in [1.82, 2.24) is 0 Å². The Morgan fingerprint density at radius 3 is 2.25 bits per heavy atom. The summed E-state index contributed by atoms with van der Waals surface area (Å²) in [7, 11) is 1.66. The Kier molecular flexibility index (Phi) is 3.40. The third-order valence-electron chi connectivity index (χ3n) is 3.50. The largest absolute Gasteiger partial charge is 0.497 e. The second-order valence-electron chi connectivity index (χ2n) is 4.79. The zero-order valence-corrected chi connectivity index (χ0v) is 11.3. The van der Waals surface area contributed by atoms with Crippen LogP contribution in [0, 0.1) is 0 Å². The number of benzene rings is 3. The third-order valence-corrected chi connectivity index (χ3v) is 3.50. The van der Waals surface area contributed by atoms with Gasteiger partial charge in [-0.15, -0.1) is 0 Å². The molecule has 3 aromatic carbocycles. The molecule has 0 bridgehead atoms. The number of ether oxygens (including phenoxy) is 1. The molecule has 0 aromatic heterocycles. The van der Waals surface area contributed by atoms with Crippen LogP contribution < -0.4 is 4.74 Å². The van der Waals surface area contributed by atoms with Crippen LogP contribution in [0.5, 0.6) is 5.75 Å². The molecule has 0 aliphatic heterocycles. The molecule has 2 heteroatoms. The van der Waals surface area contributed by atoms with E-state index in [9.17, 15) is 5.11 Å². The molecule has 0 aliphatic rings. The van der Waals surface area contributed by atoms with Crippen molar-refractivity contribution >= 4 is 10.8 Å². The number of methoxy groups -OCH3 is 1. The molecule has 3 aromatic rings. The molecule has 0 radical (unpaired) electrons. The second-order valence-corrected chi connectivity index (χ2v) is 4.79. The van der Waals surface area contributed by atoms with Gasteiger partial charge < -0.3 is 9.84 Å². The molecular weight excluding hydrogens is 248 g/mol. The maximum atomic E-state index is 10.4. The van der Waals surface area contributed by atoms with E-state index in [0.717, 1.165) is 27.6 Å². The van der Waals surface area contributed by atoms with Crippen LogP contribution in [-0.4, -0.2) is 12.2 Å². The highest BCUT2D eigenvalue weighted by Gasteiger charge is 2.10. The normalized spacial score (nSPS) is 12.3. The first-order valence-electron chi connectivity index (χ1n) is 6.58. The fourth-order valence-electron chi connectivity index (χ4n) is 2.37. The SMILES string of the molecule is COc1ccc2cc(C(O)c3ccccc3)ccc2c1. The van der Waals surface area contributed by atoms with E-state index in [4.69, 9.17) is 4.74 Å². The summed E-state index contributed by atoms with van der Waals surface area (Å²) in [5, 5.41) is 12.6. The van der Waals surface area contributed by atoms with Crippen LogP contribution in [-0.2, 0) is 0 Å². The molecule has 1 N–H and O–H groups in total. The monoisotopic (exact) mass is 264 g/mol. The van der Waals surface area contributed by atoms with Gasteiger partial charge in [0.05, 0.1) is 7.11 Å². The predicted octanol–water partition coefficient (Wildman–Crippen LogP) is 3.93. The average molecular weight is 264 g/mol. The van der Waals surface area contributed by atoms with Gasteiger partial charge in [-0.1, -0.05) is 48.5 Å². The molecule has 0 heterocycles. The minimum absolute atomic E-state index is 0.595. The van der Waals surface area contributed by atoms with E-state index in [0.29, 0.717) is 0 Å². The first-order valence-corrected chi connectivity index (χ1v) is 6.58. The van der Waals surface area contributed by atoms with Crippen molar-refractivity contribution < 1.29 is 9.84 Å². The molecule has 100 valence electrons. The molecule has 1 atom stereocenters. The summed E-state index contributed by atoms with van der Waals surface area (Å²) in [5.74, 6) is 0.842. The zero-order valence-electron chi connectivity index (χ0n) is 11.3. The summed E-state index contributed by atoms with van der Waals surface area (Å²) >= 11 is 0. The zero-order chi connectivity index (χ0) is 13.9. The van der Waals surface area contributed by atoms with Gasteiger partial charge in [0.2, 0.25) is 0 Å². The second kappa shape index (κ2) is 5.35. The van der Waals surface area contributed by atoms with Gasteiger partial charge in [-0.05, 0) is 40.1 Å². The van der Waals surface area contributed by atoms with Gasteiger partial charge in [0.1, 0.15) is 11.9 Å².